The largest absolute Gasteiger partial charge is 0.492 e. The van der Waals surface area contributed by atoms with E-state index in [1.807, 2.05) is 19.9 Å². The van der Waals surface area contributed by atoms with Gasteiger partial charge in [0.25, 0.3) is 0 Å². The minimum Gasteiger partial charge on any atom is -0.492 e. The molecule has 1 aromatic rings. The zero-order chi connectivity index (χ0) is 9.84. The number of aryl methyl sites for hydroxylation is 1. The van der Waals surface area contributed by atoms with Gasteiger partial charge in [0.2, 0.25) is 0 Å². The SMILES string of the molecule is CCOc1cc(C)c(Cl)cc1C#N. The molecule has 0 heterocycles. The summed E-state index contributed by atoms with van der Waals surface area (Å²) in [5.74, 6) is 0.604. The van der Waals surface area contributed by atoms with Crippen molar-refractivity contribution in [2.45, 2.75) is 13.8 Å². The second-order valence-corrected chi connectivity index (χ2v) is 3.05. The average molecular weight is 196 g/mol. The fourth-order valence-corrected chi connectivity index (χ4v) is 1.18. The third kappa shape index (κ3) is 2.13. The summed E-state index contributed by atoms with van der Waals surface area (Å²) in [6.07, 6.45) is 0. The monoisotopic (exact) mass is 195 g/mol. The van der Waals surface area contributed by atoms with Gasteiger partial charge in [-0.05, 0) is 31.5 Å². The molecule has 1 rings (SSSR count). The predicted octanol–water partition coefficient (Wildman–Crippen LogP) is 2.92. The molecular formula is C10H10ClNO. The number of halogens is 1. The molecule has 0 spiro atoms. The molecule has 0 bridgehead atoms. The Morgan fingerprint density at radius 2 is 2.23 bits per heavy atom. The molecule has 0 radical (unpaired) electrons. The first-order valence-electron chi connectivity index (χ1n) is 4.02. The van der Waals surface area contributed by atoms with E-state index in [1.165, 1.54) is 0 Å². The van der Waals surface area contributed by atoms with E-state index in [0.717, 1.165) is 5.56 Å². The topological polar surface area (TPSA) is 33.0 Å². The normalized spacial score (nSPS) is 9.38. The van der Waals surface area contributed by atoms with Crippen molar-refractivity contribution in [3.63, 3.8) is 0 Å². The first-order valence-corrected chi connectivity index (χ1v) is 4.40. The molecule has 1 aromatic carbocycles. The lowest BCUT2D eigenvalue weighted by Gasteiger charge is -2.07. The highest BCUT2D eigenvalue weighted by molar-refractivity contribution is 6.31. The summed E-state index contributed by atoms with van der Waals surface area (Å²) in [5, 5.41) is 9.37. The Morgan fingerprint density at radius 3 is 2.77 bits per heavy atom. The Kier molecular flexibility index (Phi) is 3.16. The Morgan fingerprint density at radius 1 is 1.54 bits per heavy atom. The van der Waals surface area contributed by atoms with Crippen molar-refractivity contribution >= 4 is 11.6 Å². The van der Waals surface area contributed by atoms with Gasteiger partial charge in [-0.25, -0.2) is 0 Å². The second-order valence-electron chi connectivity index (χ2n) is 2.64. The smallest absolute Gasteiger partial charge is 0.137 e. The number of hydrogen-bond donors (Lipinski definition) is 0. The van der Waals surface area contributed by atoms with E-state index in [0.29, 0.717) is 22.9 Å². The highest BCUT2D eigenvalue weighted by atomic mass is 35.5. The van der Waals surface area contributed by atoms with E-state index in [4.69, 9.17) is 21.6 Å². The second kappa shape index (κ2) is 4.15. The molecule has 13 heavy (non-hydrogen) atoms. The highest BCUT2D eigenvalue weighted by Crippen LogP contribution is 2.25. The number of ether oxygens (including phenoxy) is 1. The van der Waals surface area contributed by atoms with Crippen LogP contribution in [0.1, 0.15) is 18.1 Å². The van der Waals surface area contributed by atoms with Crippen molar-refractivity contribution in [3.05, 3.63) is 28.3 Å². The van der Waals surface area contributed by atoms with E-state index in [1.54, 1.807) is 12.1 Å². The van der Waals surface area contributed by atoms with E-state index < -0.39 is 0 Å². The molecule has 0 unspecified atom stereocenters. The molecule has 0 N–H and O–H groups in total. The molecule has 3 heteroatoms. The van der Waals surface area contributed by atoms with Crippen LogP contribution in [0, 0.1) is 18.3 Å². The van der Waals surface area contributed by atoms with Crippen molar-refractivity contribution in [2.24, 2.45) is 0 Å². The fraction of sp³-hybridized carbons (Fsp3) is 0.300. The molecule has 0 fully saturated rings. The van der Waals surface area contributed by atoms with Crippen LogP contribution in [-0.2, 0) is 0 Å². The highest BCUT2D eigenvalue weighted by Gasteiger charge is 2.05. The maximum absolute atomic E-state index is 8.77. The summed E-state index contributed by atoms with van der Waals surface area (Å²) in [6, 6.07) is 5.45. The molecule has 0 aromatic heterocycles. The quantitative estimate of drug-likeness (QED) is 0.727. The summed E-state index contributed by atoms with van der Waals surface area (Å²) >= 11 is 5.86. The van der Waals surface area contributed by atoms with Crippen molar-refractivity contribution in [1.29, 1.82) is 5.26 Å². The van der Waals surface area contributed by atoms with Crippen molar-refractivity contribution in [1.82, 2.24) is 0 Å². The lowest BCUT2D eigenvalue weighted by Crippen LogP contribution is -1.95. The third-order valence-corrected chi connectivity index (χ3v) is 2.09. The fourth-order valence-electron chi connectivity index (χ4n) is 1.02. The van der Waals surface area contributed by atoms with Crippen LogP contribution in [0.25, 0.3) is 0 Å². The Bertz CT molecular complexity index is 355. The van der Waals surface area contributed by atoms with Gasteiger partial charge in [0.15, 0.2) is 0 Å². The Balaban J connectivity index is 3.18. The van der Waals surface area contributed by atoms with Crippen molar-refractivity contribution in [3.8, 4) is 11.8 Å². The summed E-state index contributed by atoms with van der Waals surface area (Å²) < 4.78 is 5.28. The molecule has 0 aliphatic heterocycles. The lowest BCUT2D eigenvalue weighted by molar-refractivity contribution is 0.339. The number of nitriles is 1. The van der Waals surface area contributed by atoms with E-state index in [2.05, 4.69) is 0 Å². The molecule has 0 atom stereocenters. The number of rotatable bonds is 2. The summed E-state index contributed by atoms with van der Waals surface area (Å²) in [6.45, 7) is 4.31. The van der Waals surface area contributed by atoms with Crippen LogP contribution in [0.2, 0.25) is 5.02 Å². The first-order chi connectivity index (χ1) is 6.19. The molecular weight excluding hydrogens is 186 g/mol. The Hall–Kier alpha value is -1.20. The molecule has 68 valence electrons. The van der Waals surface area contributed by atoms with Gasteiger partial charge in [-0.3, -0.25) is 0 Å². The van der Waals surface area contributed by atoms with Gasteiger partial charge >= 0.3 is 0 Å². The van der Waals surface area contributed by atoms with Crippen LogP contribution in [-0.4, -0.2) is 6.61 Å². The van der Waals surface area contributed by atoms with Gasteiger partial charge in [0, 0.05) is 5.02 Å². The molecule has 0 saturated heterocycles. The standard InChI is InChI=1S/C10H10ClNO/c1-3-13-10-4-7(2)9(11)5-8(10)6-12/h4-5H,3H2,1-2H3. The lowest BCUT2D eigenvalue weighted by atomic mass is 10.1. The maximum atomic E-state index is 8.77. The van der Waals surface area contributed by atoms with Gasteiger partial charge < -0.3 is 4.74 Å². The van der Waals surface area contributed by atoms with Gasteiger partial charge in [-0.15, -0.1) is 0 Å². The maximum Gasteiger partial charge on any atom is 0.137 e. The Labute approximate surface area is 82.7 Å². The number of nitrogens with zero attached hydrogens (tertiary/aromatic N) is 1. The van der Waals surface area contributed by atoms with Crippen LogP contribution in [0.4, 0.5) is 0 Å². The molecule has 2 nitrogen and oxygen atoms in total. The molecule has 0 saturated carbocycles. The minimum absolute atomic E-state index is 0.484. The van der Waals surface area contributed by atoms with Crippen molar-refractivity contribution in [2.75, 3.05) is 6.61 Å². The van der Waals surface area contributed by atoms with E-state index >= 15 is 0 Å². The zero-order valence-corrected chi connectivity index (χ0v) is 8.35. The van der Waals surface area contributed by atoms with Gasteiger partial charge in [0.1, 0.15) is 11.8 Å². The average Bonchev–Trinajstić information content (AvgIpc) is 2.11. The summed E-state index contributed by atoms with van der Waals surface area (Å²) in [5.41, 5.74) is 1.40. The van der Waals surface area contributed by atoms with Gasteiger partial charge in [-0.1, -0.05) is 11.6 Å². The zero-order valence-electron chi connectivity index (χ0n) is 7.60. The van der Waals surface area contributed by atoms with E-state index in [-0.39, 0.29) is 0 Å². The van der Waals surface area contributed by atoms with Crippen LogP contribution in [0.15, 0.2) is 12.1 Å². The molecule has 0 aliphatic carbocycles. The molecule has 0 aliphatic rings. The predicted molar refractivity (Wildman–Crippen MR) is 52.1 cm³/mol. The van der Waals surface area contributed by atoms with Crippen molar-refractivity contribution < 1.29 is 4.74 Å². The van der Waals surface area contributed by atoms with Crippen LogP contribution < -0.4 is 4.74 Å². The summed E-state index contributed by atoms with van der Waals surface area (Å²) in [7, 11) is 0. The van der Waals surface area contributed by atoms with Crippen LogP contribution in [0.3, 0.4) is 0 Å². The van der Waals surface area contributed by atoms with Crippen LogP contribution in [0.5, 0.6) is 5.75 Å². The number of benzene rings is 1. The van der Waals surface area contributed by atoms with Gasteiger partial charge in [0.05, 0.1) is 12.2 Å². The number of hydrogen-bond acceptors (Lipinski definition) is 2. The summed E-state index contributed by atoms with van der Waals surface area (Å²) in [4.78, 5) is 0. The first kappa shape index (κ1) is 9.88. The van der Waals surface area contributed by atoms with E-state index in [9.17, 15) is 0 Å². The van der Waals surface area contributed by atoms with Crippen LogP contribution >= 0.6 is 11.6 Å². The third-order valence-electron chi connectivity index (χ3n) is 1.68. The molecule has 0 amide bonds. The minimum atomic E-state index is 0.484. The van der Waals surface area contributed by atoms with Gasteiger partial charge in [-0.2, -0.15) is 5.26 Å².